The van der Waals surface area contributed by atoms with Crippen LogP contribution in [0.25, 0.3) is 0 Å². The zero-order valence-corrected chi connectivity index (χ0v) is 12.8. The highest BCUT2D eigenvalue weighted by atomic mass is 16.7. The van der Waals surface area contributed by atoms with Crippen LogP contribution in [-0.2, 0) is 4.74 Å². The molecular weight excluding hydrogens is 294 g/mol. The van der Waals surface area contributed by atoms with E-state index in [4.69, 9.17) is 14.2 Å². The van der Waals surface area contributed by atoms with E-state index in [1.165, 1.54) is 0 Å². The van der Waals surface area contributed by atoms with Gasteiger partial charge in [0.25, 0.3) is 5.91 Å². The predicted octanol–water partition coefficient (Wildman–Crippen LogP) is 2.98. The van der Waals surface area contributed by atoms with Gasteiger partial charge in [-0.05, 0) is 30.7 Å². The van der Waals surface area contributed by atoms with E-state index in [0.717, 1.165) is 5.56 Å². The molecular formula is C18H17NO4. The number of nitrogens with zero attached hydrogens (tertiary/aromatic N) is 1. The van der Waals surface area contributed by atoms with Crippen molar-refractivity contribution in [1.29, 1.82) is 0 Å². The van der Waals surface area contributed by atoms with Gasteiger partial charge < -0.3 is 19.1 Å². The summed E-state index contributed by atoms with van der Waals surface area (Å²) in [5, 5.41) is 0. The number of benzene rings is 2. The van der Waals surface area contributed by atoms with Gasteiger partial charge >= 0.3 is 0 Å². The molecule has 2 aliphatic rings. The summed E-state index contributed by atoms with van der Waals surface area (Å²) in [4.78, 5) is 14.5. The Bertz CT molecular complexity index is 731. The van der Waals surface area contributed by atoms with Crippen LogP contribution in [-0.4, -0.2) is 30.4 Å². The molecule has 4 rings (SSSR count). The van der Waals surface area contributed by atoms with Crippen LogP contribution in [0.15, 0.2) is 48.5 Å². The second-order valence-electron chi connectivity index (χ2n) is 5.66. The van der Waals surface area contributed by atoms with Gasteiger partial charge in [0.15, 0.2) is 11.5 Å². The number of carbonyl (C=O) groups is 1. The lowest BCUT2D eigenvalue weighted by Crippen LogP contribution is -2.34. The van der Waals surface area contributed by atoms with Gasteiger partial charge in [-0.2, -0.15) is 0 Å². The molecule has 1 saturated heterocycles. The van der Waals surface area contributed by atoms with Gasteiger partial charge in [-0.1, -0.05) is 30.3 Å². The van der Waals surface area contributed by atoms with Crippen molar-refractivity contribution in [2.45, 2.75) is 19.3 Å². The second kappa shape index (κ2) is 5.59. The van der Waals surface area contributed by atoms with Crippen LogP contribution in [0.1, 0.15) is 28.9 Å². The van der Waals surface area contributed by atoms with E-state index in [2.05, 4.69) is 0 Å². The molecule has 5 nitrogen and oxygen atoms in total. The first kappa shape index (κ1) is 14.1. The quantitative estimate of drug-likeness (QED) is 0.855. The van der Waals surface area contributed by atoms with E-state index in [0.29, 0.717) is 23.6 Å². The van der Waals surface area contributed by atoms with Crippen molar-refractivity contribution in [3.63, 3.8) is 0 Å². The fourth-order valence-electron chi connectivity index (χ4n) is 2.98. The summed E-state index contributed by atoms with van der Waals surface area (Å²) in [6, 6.07) is 15.2. The van der Waals surface area contributed by atoms with E-state index in [1.54, 1.807) is 23.1 Å². The maximum Gasteiger partial charge on any atom is 0.256 e. The molecule has 0 aromatic heterocycles. The van der Waals surface area contributed by atoms with Gasteiger partial charge in [0, 0.05) is 5.56 Å². The summed E-state index contributed by atoms with van der Waals surface area (Å²) in [6.45, 7) is 2.64. The van der Waals surface area contributed by atoms with Crippen molar-refractivity contribution in [2.75, 3.05) is 13.3 Å². The van der Waals surface area contributed by atoms with E-state index in [-0.39, 0.29) is 25.0 Å². The minimum absolute atomic E-state index is 0.0609. The number of fused-ring (bicyclic) bond motifs is 1. The van der Waals surface area contributed by atoms with Crippen molar-refractivity contribution in [1.82, 2.24) is 4.90 Å². The van der Waals surface area contributed by atoms with Crippen molar-refractivity contribution in [3.05, 3.63) is 59.7 Å². The summed E-state index contributed by atoms with van der Waals surface area (Å²) in [7, 11) is 0. The Labute approximate surface area is 134 Å². The molecule has 23 heavy (non-hydrogen) atoms. The molecule has 0 N–H and O–H groups in total. The molecule has 0 bridgehead atoms. The van der Waals surface area contributed by atoms with Crippen LogP contribution >= 0.6 is 0 Å². The second-order valence-corrected chi connectivity index (χ2v) is 5.66. The van der Waals surface area contributed by atoms with Gasteiger partial charge in [-0.15, -0.1) is 0 Å². The molecule has 0 saturated carbocycles. The van der Waals surface area contributed by atoms with Gasteiger partial charge in [0.1, 0.15) is 12.3 Å². The molecule has 2 aromatic carbocycles. The number of amides is 1. The third-order valence-corrected chi connectivity index (χ3v) is 4.21. The highest BCUT2D eigenvalue weighted by Crippen LogP contribution is 2.34. The van der Waals surface area contributed by atoms with Crippen molar-refractivity contribution >= 4 is 5.91 Å². The van der Waals surface area contributed by atoms with Gasteiger partial charge in [0.2, 0.25) is 6.79 Å². The Morgan fingerprint density at radius 1 is 1.09 bits per heavy atom. The highest BCUT2D eigenvalue weighted by molar-refractivity contribution is 5.95. The first-order chi connectivity index (χ1) is 11.2. The lowest BCUT2D eigenvalue weighted by Gasteiger charge is -2.19. The smallest absolute Gasteiger partial charge is 0.256 e. The number of carbonyl (C=O) groups excluding carboxylic acids is 1. The van der Waals surface area contributed by atoms with Crippen LogP contribution in [0.4, 0.5) is 0 Å². The highest BCUT2D eigenvalue weighted by Gasteiger charge is 2.34. The minimum Gasteiger partial charge on any atom is -0.454 e. The molecule has 2 aromatic rings. The lowest BCUT2D eigenvalue weighted by molar-refractivity contribution is 0.0137. The van der Waals surface area contributed by atoms with Crippen LogP contribution in [0.5, 0.6) is 11.5 Å². The molecule has 0 spiro atoms. The Kier molecular flexibility index (Phi) is 3.42. The molecule has 1 fully saturated rings. The topological polar surface area (TPSA) is 48.0 Å². The lowest BCUT2D eigenvalue weighted by atomic mass is 10.1. The first-order valence-corrected chi connectivity index (χ1v) is 7.63. The van der Waals surface area contributed by atoms with Crippen molar-refractivity contribution in [3.8, 4) is 11.5 Å². The van der Waals surface area contributed by atoms with E-state index >= 15 is 0 Å². The summed E-state index contributed by atoms with van der Waals surface area (Å²) in [5.41, 5.74) is 1.67. The van der Waals surface area contributed by atoms with Gasteiger partial charge in [-0.3, -0.25) is 4.79 Å². The normalized spacial score (nSPS) is 22.4. The number of ether oxygens (including phenoxy) is 3. The standard InChI is InChI=1S/C18H17NO4/c1-12-19(10-17(23-12)13-5-3-2-4-6-13)18(20)14-7-8-15-16(9-14)22-11-21-15/h2-9,12,17H,10-11H2,1H3. The zero-order chi connectivity index (χ0) is 15.8. The van der Waals surface area contributed by atoms with E-state index in [9.17, 15) is 4.79 Å². The SMILES string of the molecule is CC1OC(c2ccccc2)CN1C(=O)c1ccc2c(c1)OCO2. The Morgan fingerprint density at radius 2 is 1.87 bits per heavy atom. The molecule has 2 unspecified atom stereocenters. The Morgan fingerprint density at radius 3 is 2.70 bits per heavy atom. The number of hydrogen-bond donors (Lipinski definition) is 0. The average molecular weight is 311 g/mol. The summed E-state index contributed by atoms with van der Waals surface area (Å²) in [6.07, 6.45) is -0.359. The van der Waals surface area contributed by atoms with Crippen LogP contribution in [0.2, 0.25) is 0 Å². The zero-order valence-electron chi connectivity index (χ0n) is 12.8. The van der Waals surface area contributed by atoms with Crippen LogP contribution in [0.3, 0.4) is 0 Å². The molecule has 1 amide bonds. The molecule has 118 valence electrons. The molecule has 2 aliphatic heterocycles. The van der Waals surface area contributed by atoms with Crippen LogP contribution in [0, 0.1) is 0 Å². The predicted molar refractivity (Wildman–Crippen MR) is 83.3 cm³/mol. The van der Waals surface area contributed by atoms with Crippen molar-refractivity contribution < 1.29 is 19.0 Å². The summed E-state index contributed by atoms with van der Waals surface area (Å²) in [5.74, 6) is 1.23. The first-order valence-electron chi connectivity index (χ1n) is 7.63. The summed E-state index contributed by atoms with van der Waals surface area (Å²) >= 11 is 0. The Balaban J connectivity index is 1.55. The minimum atomic E-state index is -0.266. The fraction of sp³-hybridized carbons (Fsp3) is 0.278. The maximum atomic E-state index is 12.8. The third-order valence-electron chi connectivity index (χ3n) is 4.21. The molecule has 2 atom stereocenters. The largest absolute Gasteiger partial charge is 0.454 e. The number of rotatable bonds is 2. The van der Waals surface area contributed by atoms with Gasteiger partial charge in [-0.25, -0.2) is 0 Å². The maximum absolute atomic E-state index is 12.8. The van der Waals surface area contributed by atoms with E-state index < -0.39 is 0 Å². The van der Waals surface area contributed by atoms with Crippen LogP contribution < -0.4 is 9.47 Å². The molecule has 0 radical (unpaired) electrons. The Hall–Kier alpha value is -2.53. The average Bonchev–Trinajstić information content (AvgIpc) is 3.20. The fourth-order valence-corrected chi connectivity index (χ4v) is 2.98. The monoisotopic (exact) mass is 311 g/mol. The molecule has 5 heteroatoms. The van der Waals surface area contributed by atoms with E-state index in [1.807, 2.05) is 37.3 Å². The summed E-state index contributed by atoms with van der Waals surface area (Å²) < 4.78 is 16.6. The van der Waals surface area contributed by atoms with Gasteiger partial charge in [0.05, 0.1) is 6.54 Å². The van der Waals surface area contributed by atoms with Crippen molar-refractivity contribution in [2.24, 2.45) is 0 Å². The molecule has 0 aliphatic carbocycles. The molecule has 2 heterocycles. The third kappa shape index (κ3) is 2.53. The number of hydrogen-bond acceptors (Lipinski definition) is 4.